The second-order valence-corrected chi connectivity index (χ2v) is 7.18. The third kappa shape index (κ3) is 4.97. The first kappa shape index (κ1) is 20.0. The van der Waals surface area contributed by atoms with Crippen LogP contribution in [0.3, 0.4) is 0 Å². The van der Waals surface area contributed by atoms with Gasteiger partial charge in [-0.1, -0.05) is 12.1 Å². The Balaban J connectivity index is 1.74. The lowest BCUT2D eigenvalue weighted by atomic mass is 10.2. The Morgan fingerprint density at radius 3 is 2.61 bits per heavy atom. The Labute approximate surface area is 169 Å². The highest BCUT2D eigenvalue weighted by Gasteiger charge is 2.16. The molecule has 146 valence electrons. The summed E-state index contributed by atoms with van der Waals surface area (Å²) in [6.07, 6.45) is 0. The second-order valence-electron chi connectivity index (χ2n) is 6.18. The maximum absolute atomic E-state index is 12.8. The molecule has 0 unspecified atom stereocenters. The Morgan fingerprint density at radius 2 is 1.89 bits per heavy atom. The van der Waals surface area contributed by atoms with E-state index >= 15 is 0 Å². The van der Waals surface area contributed by atoms with Gasteiger partial charge in [-0.3, -0.25) is 4.79 Å². The number of benzene rings is 2. The predicted octanol–water partition coefficient (Wildman–Crippen LogP) is 5.31. The molecule has 28 heavy (non-hydrogen) atoms. The van der Waals surface area contributed by atoms with Gasteiger partial charge in [-0.2, -0.15) is 0 Å². The molecule has 0 atom stereocenters. The van der Waals surface area contributed by atoms with Crippen molar-refractivity contribution in [2.24, 2.45) is 0 Å². The molecule has 0 aliphatic heterocycles. The number of aromatic nitrogens is 1. The number of nitrogens with one attached hydrogen (secondary N) is 1. The van der Waals surface area contributed by atoms with Crippen LogP contribution in [0.4, 0.5) is 5.69 Å². The van der Waals surface area contributed by atoms with Crippen LogP contribution in [0.25, 0.3) is 10.6 Å². The molecule has 1 amide bonds. The molecular weight excluding hydrogens is 372 g/mol. The summed E-state index contributed by atoms with van der Waals surface area (Å²) >= 11 is 1.39. The number of hydrogen-bond donors (Lipinski definition) is 1. The molecule has 0 bridgehead atoms. The Bertz CT molecular complexity index is 935. The van der Waals surface area contributed by atoms with E-state index in [4.69, 9.17) is 9.47 Å². The zero-order valence-electron chi connectivity index (χ0n) is 16.3. The minimum atomic E-state index is -0.152. The molecule has 6 heteroatoms. The van der Waals surface area contributed by atoms with Crippen LogP contribution in [-0.4, -0.2) is 24.1 Å². The average Bonchev–Trinajstić information content (AvgIpc) is 3.09. The van der Waals surface area contributed by atoms with Gasteiger partial charge >= 0.3 is 0 Å². The first-order valence-corrected chi connectivity index (χ1v) is 10.1. The van der Waals surface area contributed by atoms with Crippen molar-refractivity contribution in [1.29, 1.82) is 0 Å². The van der Waals surface area contributed by atoms with E-state index in [-0.39, 0.29) is 5.91 Å². The van der Waals surface area contributed by atoms with Gasteiger partial charge < -0.3 is 14.8 Å². The highest BCUT2D eigenvalue weighted by molar-refractivity contribution is 7.17. The standard InChI is InChI=1S/C22H24N2O3S/c1-4-26-14-16-7-6-8-18(13-16)24-21(25)20-15(3)23-22(28-20)17-9-11-19(12-10-17)27-5-2/h6-13H,4-5,14H2,1-3H3,(H,24,25). The van der Waals surface area contributed by atoms with Crippen LogP contribution in [0.5, 0.6) is 5.75 Å². The monoisotopic (exact) mass is 396 g/mol. The third-order valence-electron chi connectivity index (χ3n) is 4.07. The predicted molar refractivity (Wildman–Crippen MR) is 113 cm³/mol. The SMILES string of the molecule is CCOCc1cccc(NC(=O)c2sc(-c3ccc(OCC)cc3)nc2C)c1. The first-order valence-electron chi connectivity index (χ1n) is 9.29. The molecule has 1 N–H and O–H groups in total. The molecule has 3 rings (SSSR count). The molecule has 5 nitrogen and oxygen atoms in total. The quantitative estimate of drug-likeness (QED) is 0.561. The summed E-state index contributed by atoms with van der Waals surface area (Å²) < 4.78 is 10.9. The molecule has 0 aliphatic carbocycles. The van der Waals surface area contributed by atoms with Crippen molar-refractivity contribution in [3.63, 3.8) is 0 Å². The maximum atomic E-state index is 12.8. The number of aryl methyl sites for hydroxylation is 1. The molecule has 3 aromatic rings. The van der Waals surface area contributed by atoms with E-state index in [0.717, 1.165) is 33.3 Å². The Kier molecular flexibility index (Phi) is 6.79. The number of amides is 1. The van der Waals surface area contributed by atoms with Crippen LogP contribution in [0.1, 0.15) is 34.8 Å². The van der Waals surface area contributed by atoms with E-state index in [1.807, 2.05) is 69.3 Å². The molecule has 1 heterocycles. The van der Waals surface area contributed by atoms with Gasteiger partial charge in [0.05, 0.1) is 18.9 Å². The minimum Gasteiger partial charge on any atom is -0.494 e. The fourth-order valence-corrected chi connectivity index (χ4v) is 3.70. The van der Waals surface area contributed by atoms with E-state index in [9.17, 15) is 4.79 Å². The van der Waals surface area contributed by atoms with Crippen molar-refractivity contribution in [2.75, 3.05) is 18.5 Å². The van der Waals surface area contributed by atoms with Crippen LogP contribution >= 0.6 is 11.3 Å². The Hall–Kier alpha value is -2.70. The van der Waals surface area contributed by atoms with Crippen LogP contribution in [0.2, 0.25) is 0 Å². The number of carbonyl (C=O) groups is 1. The molecule has 0 spiro atoms. The number of hydrogen-bond acceptors (Lipinski definition) is 5. The summed E-state index contributed by atoms with van der Waals surface area (Å²) in [6, 6.07) is 15.4. The van der Waals surface area contributed by atoms with Gasteiger partial charge in [0.25, 0.3) is 5.91 Å². The van der Waals surface area contributed by atoms with Crippen molar-refractivity contribution in [2.45, 2.75) is 27.4 Å². The van der Waals surface area contributed by atoms with Crippen LogP contribution in [-0.2, 0) is 11.3 Å². The summed E-state index contributed by atoms with van der Waals surface area (Å²) in [5.74, 6) is 0.671. The molecule has 0 radical (unpaired) electrons. The lowest BCUT2D eigenvalue weighted by molar-refractivity contribution is 0.102. The molecule has 0 saturated heterocycles. The highest BCUT2D eigenvalue weighted by Crippen LogP contribution is 2.30. The van der Waals surface area contributed by atoms with E-state index in [2.05, 4.69) is 10.3 Å². The van der Waals surface area contributed by atoms with Gasteiger partial charge in [-0.15, -0.1) is 11.3 Å². The van der Waals surface area contributed by atoms with Crippen LogP contribution < -0.4 is 10.1 Å². The molecular formula is C22H24N2O3S. The minimum absolute atomic E-state index is 0.152. The molecule has 1 aromatic heterocycles. The van der Waals surface area contributed by atoms with E-state index in [0.29, 0.717) is 24.7 Å². The number of nitrogens with zero attached hydrogens (tertiary/aromatic N) is 1. The maximum Gasteiger partial charge on any atom is 0.267 e. The van der Waals surface area contributed by atoms with E-state index in [1.165, 1.54) is 11.3 Å². The number of ether oxygens (including phenoxy) is 2. The van der Waals surface area contributed by atoms with Crippen LogP contribution in [0.15, 0.2) is 48.5 Å². The zero-order chi connectivity index (χ0) is 19.9. The summed E-state index contributed by atoms with van der Waals surface area (Å²) in [7, 11) is 0. The van der Waals surface area contributed by atoms with Gasteiger partial charge in [0.1, 0.15) is 15.6 Å². The smallest absolute Gasteiger partial charge is 0.267 e. The number of thiazole rings is 1. The van der Waals surface area contributed by atoms with Gasteiger partial charge in [0.2, 0.25) is 0 Å². The number of anilines is 1. The largest absolute Gasteiger partial charge is 0.494 e. The first-order chi connectivity index (χ1) is 13.6. The second kappa shape index (κ2) is 9.48. The average molecular weight is 397 g/mol. The van der Waals surface area contributed by atoms with Crippen molar-refractivity contribution in [1.82, 2.24) is 4.98 Å². The molecule has 0 fully saturated rings. The number of carbonyl (C=O) groups excluding carboxylic acids is 1. The number of rotatable bonds is 8. The van der Waals surface area contributed by atoms with Gasteiger partial charge in [-0.05, 0) is 62.7 Å². The normalized spacial score (nSPS) is 10.7. The summed E-state index contributed by atoms with van der Waals surface area (Å²) in [5, 5.41) is 3.78. The van der Waals surface area contributed by atoms with Crippen molar-refractivity contribution in [3.05, 3.63) is 64.7 Å². The molecule has 0 aliphatic rings. The van der Waals surface area contributed by atoms with Crippen molar-refractivity contribution in [3.8, 4) is 16.3 Å². The van der Waals surface area contributed by atoms with Gasteiger partial charge in [0, 0.05) is 17.9 Å². The summed E-state index contributed by atoms with van der Waals surface area (Å²) in [5.41, 5.74) is 3.46. The lowest BCUT2D eigenvalue weighted by Crippen LogP contribution is -2.11. The molecule has 2 aromatic carbocycles. The van der Waals surface area contributed by atoms with E-state index in [1.54, 1.807) is 0 Å². The lowest BCUT2D eigenvalue weighted by Gasteiger charge is -2.07. The highest BCUT2D eigenvalue weighted by atomic mass is 32.1. The van der Waals surface area contributed by atoms with Crippen molar-refractivity contribution < 1.29 is 14.3 Å². The fourth-order valence-electron chi connectivity index (χ4n) is 2.74. The van der Waals surface area contributed by atoms with Gasteiger partial charge in [-0.25, -0.2) is 4.98 Å². The Morgan fingerprint density at radius 1 is 1.11 bits per heavy atom. The zero-order valence-corrected chi connectivity index (χ0v) is 17.1. The molecule has 0 saturated carbocycles. The third-order valence-corrected chi connectivity index (χ3v) is 5.28. The van der Waals surface area contributed by atoms with Crippen LogP contribution in [0, 0.1) is 6.92 Å². The fraction of sp³-hybridized carbons (Fsp3) is 0.273. The van der Waals surface area contributed by atoms with E-state index < -0.39 is 0 Å². The summed E-state index contributed by atoms with van der Waals surface area (Å²) in [6.45, 7) is 7.59. The van der Waals surface area contributed by atoms with Gasteiger partial charge in [0.15, 0.2) is 0 Å². The van der Waals surface area contributed by atoms with Crippen molar-refractivity contribution >= 4 is 22.9 Å². The topological polar surface area (TPSA) is 60.5 Å². The summed E-state index contributed by atoms with van der Waals surface area (Å²) in [4.78, 5) is 17.9.